The predicted molar refractivity (Wildman–Crippen MR) is 109 cm³/mol. The molecule has 0 unspecified atom stereocenters. The lowest BCUT2D eigenvalue weighted by molar-refractivity contribution is -0.155. The largest absolute Gasteiger partial charge is 0.274 e. The Morgan fingerprint density at radius 3 is 2.53 bits per heavy atom. The Morgan fingerprint density at radius 2 is 1.83 bits per heavy atom. The van der Waals surface area contributed by atoms with Crippen LogP contribution in [0.2, 0.25) is 5.02 Å². The van der Waals surface area contributed by atoms with Crippen molar-refractivity contribution in [2.45, 2.75) is 19.9 Å². The number of hydrogen-bond acceptors (Lipinski definition) is 3. The lowest BCUT2D eigenvalue weighted by atomic mass is 9.78. The van der Waals surface area contributed by atoms with E-state index in [1.165, 1.54) is 24.3 Å². The van der Waals surface area contributed by atoms with Gasteiger partial charge in [0.2, 0.25) is 0 Å². The fraction of sp³-hybridized carbons (Fsp3) is 0.261. The van der Waals surface area contributed by atoms with Crippen LogP contribution < -0.4 is 0 Å². The fourth-order valence-corrected chi connectivity index (χ4v) is 4.38. The number of fused-ring (bicyclic) bond motifs is 1. The van der Waals surface area contributed by atoms with Crippen molar-refractivity contribution in [1.82, 2.24) is 10.0 Å². The molecule has 2 aromatic carbocycles. The Kier molecular flexibility index (Phi) is 5.43. The third kappa shape index (κ3) is 3.41. The molecule has 1 saturated heterocycles. The van der Waals surface area contributed by atoms with Gasteiger partial charge in [-0.2, -0.15) is 5.01 Å². The van der Waals surface area contributed by atoms with Crippen LogP contribution in [-0.2, 0) is 16.1 Å². The summed E-state index contributed by atoms with van der Waals surface area (Å²) in [4.78, 5) is 39.8. The van der Waals surface area contributed by atoms with Gasteiger partial charge in [0.05, 0.1) is 29.0 Å². The summed E-state index contributed by atoms with van der Waals surface area (Å²) in [6.07, 6.45) is 4.23. The summed E-state index contributed by atoms with van der Waals surface area (Å²) < 4.78 is 14.4. The molecule has 4 rings (SSSR count). The second-order valence-electron chi connectivity index (χ2n) is 7.58. The fourth-order valence-electron chi connectivity index (χ4n) is 4.16. The number of halogens is 2. The topological polar surface area (TPSA) is 57.7 Å². The highest BCUT2D eigenvalue weighted by Crippen LogP contribution is 2.39. The van der Waals surface area contributed by atoms with Gasteiger partial charge in [0.25, 0.3) is 17.7 Å². The first-order valence-corrected chi connectivity index (χ1v) is 10.1. The third-order valence-electron chi connectivity index (χ3n) is 5.71. The average molecular weight is 427 g/mol. The van der Waals surface area contributed by atoms with Crippen LogP contribution in [0.4, 0.5) is 4.39 Å². The normalized spacial score (nSPS) is 22.9. The minimum absolute atomic E-state index is 0.129. The SMILES string of the molecule is C[C@@H]1C=CC[C@@H]2C(=O)N(N(Cc3ccccc3F)C(=O)c3ccccc3Cl)C(=O)[C@@H]12. The van der Waals surface area contributed by atoms with E-state index in [1.54, 1.807) is 24.3 Å². The average Bonchev–Trinajstić information content (AvgIpc) is 2.99. The van der Waals surface area contributed by atoms with Gasteiger partial charge in [0, 0.05) is 5.56 Å². The van der Waals surface area contributed by atoms with E-state index >= 15 is 0 Å². The molecule has 5 nitrogen and oxygen atoms in total. The van der Waals surface area contributed by atoms with E-state index in [0.717, 1.165) is 10.0 Å². The molecule has 0 saturated carbocycles. The second kappa shape index (κ2) is 8.03. The summed E-state index contributed by atoms with van der Waals surface area (Å²) in [5.41, 5.74) is 0.330. The highest BCUT2D eigenvalue weighted by atomic mass is 35.5. The first-order chi connectivity index (χ1) is 14.4. The number of allylic oxidation sites excluding steroid dienone is 2. The molecule has 154 valence electrons. The Bertz CT molecular complexity index is 1050. The minimum Gasteiger partial charge on any atom is -0.272 e. The molecule has 1 heterocycles. The smallest absolute Gasteiger partial charge is 0.272 e. The van der Waals surface area contributed by atoms with Crippen molar-refractivity contribution in [2.24, 2.45) is 17.8 Å². The maximum Gasteiger partial charge on any atom is 0.274 e. The summed E-state index contributed by atoms with van der Waals surface area (Å²) in [5.74, 6) is -3.25. The number of carbonyl (C=O) groups is 3. The van der Waals surface area contributed by atoms with Gasteiger partial charge >= 0.3 is 0 Å². The highest BCUT2D eigenvalue weighted by Gasteiger charge is 2.53. The molecular weight excluding hydrogens is 407 g/mol. The molecule has 3 atom stereocenters. The molecule has 1 fully saturated rings. The quantitative estimate of drug-likeness (QED) is 0.543. The predicted octanol–water partition coefficient (Wildman–Crippen LogP) is 4.23. The van der Waals surface area contributed by atoms with Crippen molar-refractivity contribution in [3.63, 3.8) is 0 Å². The zero-order valence-corrected chi connectivity index (χ0v) is 17.1. The molecule has 2 aromatic rings. The second-order valence-corrected chi connectivity index (χ2v) is 7.98. The van der Waals surface area contributed by atoms with Crippen molar-refractivity contribution < 1.29 is 18.8 Å². The standard InChI is InChI=1S/C23H20ClFN2O3/c1-14-7-6-10-17-20(14)23(30)27(22(17)29)26(13-15-8-2-5-12-19(15)25)21(28)16-9-3-4-11-18(16)24/h2-9,11-12,14,17,20H,10,13H2,1H3/t14-,17+,20+/m1/s1. The molecular formula is C23H20ClFN2O3. The Balaban J connectivity index is 1.77. The summed E-state index contributed by atoms with van der Waals surface area (Å²) in [7, 11) is 0. The maximum absolute atomic E-state index is 14.4. The van der Waals surface area contributed by atoms with Crippen LogP contribution in [0, 0.1) is 23.6 Å². The van der Waals surface area contributed by atoms with Crippen molar-refractivity contribution in [1.29, 1.82) is 0 Å². The van der Waals surface area contributed by atoms with E-state index in [2.05, 4.69) is 0 Å². The molecule has 7 heteroatoms. The summed E-state index contributed by atoms with van der Waals surface area (Å²) in [6, 6.07) is 12.3. The van der Waals surface area contributed by atoms with Gasteiger partial charge in [-0.3, -0.25) is 14.4 Å². The first-order valence-electron chi connectivity index (χ1n) is 9.74. The number of amides is 3. The van der Waals surface area contributed by atoms with E-state index in [4.69, 9.17) is 11.6 Å². The highest BCUT2D eigenvalue weighted by molar-refractivity contribution is 6.33. The van der Waals surface area contributed by atoms with Crippen LogP contribution in [0.5, 0.6) is 0 Å². The van der Waals surface area contributed by atoms with E-state index in [9.17, 15) is 18.8 Å². The van der Waals surface area contributed by atoms with Crippen LogP contribution in [0.25, 0.3) is 0 Å². The molecule has 30 heavy (non-hydrogen) atoms. The molecule has 0 radical (unpaired) electrons. The number of benzene rings is 2. The molecule has 0 N–H and O–H groups in total. The van der Waals surface area contributed by atoms with Crippen molar-refractivity contribution in [3.05, 3.63) is 82.6 Å². The van der Waals surface area contributed by atoms with Gasteiger partial charge in [-0.15, -0.1) is 0 Å². The summed E-state index contributed by atoms with van der Waals surface area (Å²) in [5, 5.41) is 2.11. The number of imide groups is 1. The van der Waals surface area contributed by atoms with Crippen molar-refractivity contribution in [2.75, 3.05) is 0 Å². The lowest BCUT2D eigenvalue weighted by Crippen LogP contribution is -2.50. The first kappa shape index (κ1) is 20.3. The Morgan fingerprint density at radius 1 is 1.13 bits per heavy atom. The van der Waals surface area contributed by atoms with E-state index < -0.39 is 35.4 Å². The number of hydrogen-bond donors (Lipinski definition) is 0. The lowest BCUT2D eigenvalue weighted by Gasteiger charge is -2.31. The third-order valence-corrected chi connectivity index (χ3v) is 6.04. The number of nitrogens with zero attached hydrogens (tertiary/aromatic N) is 2. The van der Waals surface area contributed by atoms with Crippen LogP contribution in [0.3, 0.4) is 0 Å². The molecule has 0 bridgehead atoms. The van der Waals surface area contributed by atoms with Gasteiger partial charge in [-0.1, -0.05) is 61.0 Å². The summed E-state index contributed by atoms with van der Waals surface area (Å²) in [6.45, 7) is 1.61. The Labute approximate surface area is 178 Å². The van der Waals surface area contributed by atoms with Gasteiger partial charge < -0.3 is 0 Å². The van der Waals surface area contributed by atoms with E-state index in [1.807, 2.05) is 19.1 Å². The monoisotopic (exact) mass is 426 g/mol. The zero-order valence-electron chi connectivity index (χ0n) is 16.3. The number of rotatable bonds is 4. The van der Waals surface area contributed by atoms with Crippen LogP contribution in [-0.4, -0.2) is 27.7 Å². The molecule has 1 aliphatic heterocycles. The Hall–Kier alpha value is -2.99. The zero-order chi connectivity index (χ0) is 21.4. The minimum atomic E-state index is -0.634. The van der Waals surface area contributed by atoms with Gasteiger partial charge in [-0.25, -0.2) is 9.40 Å². The van der Waals surface area contributed by atoms with E-state index in [-0.39, 0.29) is 28.6 Å². The molecule has 2 aliphatic rings. The molecule has 0 aromatic heterocycles. The van der Waals surface area contributed by atoms with Crippen LogP contribution >= 0.6 is 11.6 Å². The van der Waals surface area contributed by atoms with E-state index in [0.29, 0.717) is 6.42 Å². The maximum atomic E-state index is 14.4. The van der Waals surface area contributed by atoms with Crippen LogP contribution in [0.15, 0.2) is 60.7 Å². The summed E-state index contributed by atoms with van der Waals surface area (Å²) >= 11 is 6.20. The molecule has 0 spiro atoms. The number of carbonyl (C=O) groups excluding carboxylic acids is 3. The van der Waals surface area contributed by atoms with Crippen molar-refractivity contribution >= 4 is 29.3 Å². The van der Waals surface area contributed by atoms with Crippen LogP contribution in [0.1, 0.15) is 29.3 Å². The molecule has 1 aliphatic carbocycles. The van der Waals surface area contributed by atoms with Gasteiger partial charge in [0.1, 0.15) is 5.82 Å². The molecule has 3 amide bonds. The van der Waals surface area contributed by atoms with Gasteiger partial charge in [-0.05, 0) is 30.5 Å². The van der Waals surface area contributed by atoms with Gasteiger partial charge in [0.15, 0.2) is 0 Å². The van der Waals surface area contributed by atoms with Crippen molar-refractivity contribution in [3.8, 4) is 0 Å². The number of hydrazine groups is 1.